The van der Waals surface area contributed by atoms with Gasteiger partial charge in [0.2, 0.25) is 0 Å². The lowest BCUT2D eigenvalue weighted by Gasteiger charge is -2.13. The summed E-state index contributed by atoms with van der Waals surface area (Å²) in [4.78, 5) is 12.6. The predicted molar refractivity (Wildman–Crippen MR) is 84.1 cm³/mol. The molecule has 0 fully saturated rings. The second-order valence-electron chi connectivity index (χ2n) is 4.34. The molecule has 0 aromatic heterocycles. The van der Waals surface area contributed by atoms with Gasteiger partial charge in [0.1, 0.15) is 22.8 Å². The van der Waals surface area contributed by atoms with Crippen LogP contribution in [-0.4, -0.2) is 26.9 Å². The minimum absolute atomic E-state index is 0.149. The van der Waals surface area contributed by atoms with Gasteiger partial charge >= 0.3 is 0 Å². The van der Waals surface area contributed by atoms with Crippen LogP contribution in [0.4, 0.5) is 0 Å². The van der Waals surface area contributed by atoms with Crippen molar-refractivity contribution in [2.24, 2.45) is 0 Å². The third kappa shape index (κ3) is 3.10. The van der Waals surface area contributed by atoms with Gasteiger partial charge in [0.05, 0.1) is 21.3 Å². The molecule has 0 aliphatic heterocycles. The summed E-state index contributed by atoms with van der Waals surface area (Å²) in [6.07, 6.45) is 0. The zero-order valence-corrected chi connectivity index (χ0v) is 13.4. The van der Waals surface area contributed by atoms with Gasteiger partial charge in [-0.1, -0.05) is 18.2 Å². The number of ether oxygens (including phenoxy) is 3. The Bertz CT molecular complexity index is 672. The summed E-state index contributed by atoms with van der Waals surface area (Å²) < 4.78 is 28.1. The van der Waals surface area contributed by atoms with Crippen molar-refractivity contribution >= 4 is 18.6 Å². The highest BCUT2D eigenvalue weighted by Crippen LogP contribution is 2.39. The van der Waals surface area contributed by atoms with Crippen LogP contribution in [-0.2, 0) is 4.57 Å². The molecular weight excluding hydrogens is 303 g/mol. The minimum atomic E-state index is -2.26. The highest BCUT2D eigenvalue weighted by atomic mass is 31.1. The van der Waals surface area contributed by atoms with Crippen LogP contribution in [0.1, 0.15) is 10.4 Å². The summed E-state index contributed by atoms with van der Waals surface area (Å²) in [5.41, 5.74) is -0.395. The maximum Gasteiger partial charge on any atom is 0.254 e. The monoisotopic (exact) mass is 319 g/mol. The van der Waals surface area contributed by atoms with Crippen molar-refractivity contribution < 1.29 is 23.6 Å². The van der Waals surface area contributed by atoms with Crippen LogP contribution in [0, 0.1) is 0 Å². The molecule has 0 amide bonds. The van der Waals surface area contributed by atoms with Crippen LogP contribution < -0.4 is 19.5 Å². The van der Waals surface area contributed by atoms with E-state index in [1.807, 2.05) is 0 Å². The molecule has 0 bridgehead atoms. The zero-order valence-electron chi connectivity index (χ0n) is 12.5. The van der Waals surface area contributed by atoms with Crippen LogP contribution in [0.3, 0.4) is 0 Å². The summed E-state index contributed by atoms with van der Waals surface area (Å²) in [6, 6.07) is 11.7. The quantitative estimate of drug-likeness (QED) is 0.766. The predicted octanol–water partition coefficient (Wildman–Crippen LogP) is 3.01. The fraction of sp³-hybridized carbons (Fsp3) is 0.188. The molecule has 2 rings (SSSR count). The Kier molecular flexibility index (Phi) is 5.12. The highest BCUT2D eigenvalue weighted by Gasteiger charge is 2.26. The maximum atomic E-state index is 12.6. The molecule has 1 atom stereocenters. The third-order valence-electron chi connectivity index (χ3n) is 3.10. The number of benzene rings is 2. The average molecular weight is 319 g/mol. The lowest BCUT2D eigenvalue weighted by molar-refractivity contribution is 0.107. The van der Waals surface area contributed by atoms with Gasteiger partial charge in [0.25, 0.3) is 5.52 Å². The van der Waals surface area contributed by atoms with Crippen molar-refractivity contribution in [1.82, 2.24) is 0 Å². The van der Waals surface area contributed by atoms with Gasteiger partial charge in [-0.2, -0.15) is 0 Å². The molecule has 0 heterocycles. The molecule has 1 unspecified atom stereocenters. The summed E-state index contributed by atoms with van der Waals surface area (Å²) >= 11 is 0. The van der Waals surface area contributed by atoms with E-state index in [4.69, 9.17) is 14.2 Å². The van der Waals surface area contributed by atoms with E-state index in [9.17, 15) is 9.36 Å². The summed E-state index contributed by atoms with van der Waals surface area (Å²) in [5.74, 6) is 1.01. The first-order chi connectivity index (χ1) is 10.6. The van der Waals surface area contributed by atoms with E-state index in [1.165, 1.54) is 21.3 Å². The number of rotatable bonds is 6. The first-order valence-electron chi connectivity index (χ1n) is 6.49. The van der Waals surface area contributed by atoms with E-state index < -0.39 is 13.3 Å². The van der Waals surface area contributed by atoms with Crippen LogP contribution in [0.2, 0.25) is 0 Å². The van der Waals surface area contributed by atoms with Crippen molar-refractivity contribution in [1.29, 1.82) is 0 Å². The molecule has 2 aromatic carbocycles. The van der Waals surface area contributed by atoms with Gasteiger partial charge in [0, 0.05) is 17.4 Å². The van der Waals surface area contributed by atoms with Gasteiger partial charge in [-0.05, 0) is 12.1 Å². The van der Waals surface area contributed by atoms with Gasteiger partial charge in [0.15, 0.2) is 7.80 Å². The number of hydrogen-bond donors (Lipinski definition) is 0. The average Bonchev–Trinajstić information content (AvgIpc) is 2.59. The van der Waals surface area contributed by atoms with E-state index >= 15 is 0 Å². The molecule has 0 spiro atoms. The first-order valence-corrected chi connectivity index (χ1v) is 7.75. The van der Waals surface area contributed by atoms with Crippen molar-refractivity contribution in [3.63, 3.8) is 0 Å². The number of hydrogen-bond acceptors (Lipinski definition) is 5. The fourth-order valence-corrected chi connectivity index (χ4v) is 3.10. The normalized spacial score (nSPS) is 10.8. The van der Waals surface area contributed by atoms with Crippen molar-refractivity contribution in [3.05, 3.63) is 48.0 Å². The molecule has 22 heavy (non-hydrogen) atoms. The van der Waals surface area contributed by atoms with Gasteiger partial charge in [-0.25, -0.2) is 0 Å². The van der Waals surface area contributed by atoms with Crippen LogP contribution in [0.5, 0.6) is 17.2 Å². The molecule has 6 heteroatoms. The SMILES string of the molecule is COc1cc(OC)c(C(=O)[P](=O)c2ccccc2)c(OC)c1. The van der Waals surface area contributed by atoms with Crippen molar-refractivity contribution in [3.8, 4) is 17.2 Å². The minimum Gasteiger partial charge on any atom is -0.496 e. The van der Waals surface area contributed by atoms with E-state index in [0.29, 0.717) is 11.1 Å². The Morgan fingerprint density at radius 3 is 1.91 bits per heavy atom. The van der Waals surface area contributed by atoms with E-state index in [1.54, 1.807) is 42.5 Å². The number of carbonyl (C=O) groups excluding carboxylic acids is 1. The van der Waals surface area contributed by atoms with Gasteiger partial charge < -0.3 is 14.2 Å². The third-order valence-corrected chi connectivity index (χ3v) is 4.46. The van der Waals surface area contributed by atoms with Gasteiger partial charge in [-0.3, -0.25) is 9.36 Å². The van der Waals surface area contributed by atoms with Gasteiger partial charge in [-0.15, -0.1) is 0 Å². The highest BCUT2D eigenvalue weighted by molar-refractivity contribution is 7.71. The maximum absolute atomic E-state index is 12.6. The van der Waals surface area contributed by atoms with E-state index in [-0.39, 0.29) is 17.1 Å². The Hall–Kier alpha value is -2.39. The summed E-state index contributed by atoms with van der Waals surface area (Å²) in [7, 11) is 2.10. The zero-order chi connectivity index (χ0) is 16.1. The first kappa shape index (κ1) is 16.0. The summed E-state index contributed by atoms with van der Waals surface area (Å²) in [5, 5.41) is 0.461. The molecule has 0 saturated carbocycles. The van der Waals surface area contributed by atoms with Crippen molar-refractivity contribution in [2.75, 3.05) is 21.3 Å². The lowest BCUT2D eigenvalue weighted by Crippen LogP contribution is -2.07. The topological polar surface area (TPSA) is 61.8 Å². The Morgan fingerprint density at radius 1 is 0.909 bits per heavy atom. The molecule has 115 valence electrons. The second-order valence-corrected chi connectivity index (χ2v) is 5.85. The smallest absolute Gasteiger partial charge is 0.254 e. The van der Waals surface area contributed by atoms with Crippen LogP contribution in [0.25, 0.3) is 0 Å². The number of methoxy groups -OCH3 is 3. The molecule has 0 aliphatic carbocycles. The standard InChI is InChI=1S/C16H16O5P/c1-19-11-9-13(20-2)15(14(10-11)21-3)16(17)22(18)12-7-5-4-6-8-12/h4-10H,1-3H3. The van der Waals surface area contributed by atoms with Crippen LogP contribution in [0.15, 0.2) is 42.5 Å². The molecule has 2 aromatic rings. The molecule has 1 radical (unpaired) electrons. The Morgan fingerprint density at radius 2 is 1.45 bits per heavy atom. The Balaban J connectivity index is 2.51. The fourth-order valence-electron chi connectivity index (χ4n) is 2.00. The molecule has 5 nitrogen and oxygen atoms in total. The Labute approximate surface area is 129 Å². The van der Waals surface area contributed by atoms with Crippen molar-refractivity contribution in [2.45, 2.75) is 0 Å². The van der Waals surface area contributed by atoms with Crippen LogP contribution >= 0.6 is 7.80 Å². The van der Waals surface area contributed by atoms with E-state index in [2.05, 4.69) is 0 Å². The van der Waals surface area contributed by atoms with E-state index in [0.717, 1.165) is 0 Å². The molecule has 0 N–H and O–H groups in total. The lowest BCUT2D eigenvalue weighted by atomic mass is 10.2. The number of carbonyl (C=O) groups is 1. The second kappa shape index (κ2) is 7.05. The molecule has 0 saturated heterocycles. The molecule has 0 aliphatic rings. The molecular formula is C16H16O5P. The summed E-state index contributed by atoms with van der Waals surface area (Å²) in [6.45, 7) is 0. The largest absolute Gasteiger partial charge is 0.496 e.